The average molecular weight is 285 g/mol. The summed E-state index contributed by atoms with van der Waals surface area (Å²) in [4.78, 5) is 2.43. The normalized spacial score (nSPS) is 25.6. The third-order valence-corrected chi connectivity index (χ3v) is 3.85. The van der Waals surface area contributed by atoms with Crippen molar-refractivity contribution >= 4 is 5.84 Å². The van der Waals surface area contributed by atoms with E-state index in [0.29, 0.717) is 18.4 Å². The third-order valence-electron chi connectivity index (χ3n) is 3.85. The summed E-state index contributed by atoms with van der Waals surface area (Å²) >= 11 is 0. The first-order valence-corrected chi connectivity index (χ1v) is 7.48. The van der Waals surface area contributed by atoms with Gasteiger partial charge in [-0.3, -0.25) is 4.90 Å². The second-order valence-electron chi connectivity index (χ2n) is 7.42. The van der Waals surface area contributed by atoms with Gasteiger partial charge in [-0.2, -0.15) is 0 Å². The SMILES string of the molecule is CC(C)CN(CCC(N)=NO)C1CC(C)(C)OC1(C)C. The van der Waals surface area contributed by atoms with Gasteiger partial charge in [0.05, 0.1) is 11.2 Å². The van der Waals surface area contributed by atoms with E-state index in [1.54, 1.807) is 0 Å². The van der Waals surface area contributed by atoms with Crippen molar-refractivity contribution in [2.24, 2.45) is 16.8 Å². The first kappa shape index (κ1) is 17.2. The van der Waals surface area contributed by atoms with Crippen molar-refractivity contribution in [3.8, 4) is 0 Å². The Labute approximate surface area is 123 Å². The Morgan fingerprint density at radius 3 is 2.40 bits per heavy atom. The minimum Gasteiger partial charge on any atom is -0.409 e. The van der Waals surface area contributed by atoms with E-state index < -0.39 is 0 Å². The second-order valence-corrected chi connectivity index (χ2v) is 7.42. The van der Waals surface area contributed by atoms with Crippen LogP contribution in [-0.4, -0.2) is 46.3 Å². The van der Waals surface area contributed by atoms with Gasteiger partial charge < -0.3 is 15.7 Å². The van der Waals surface area contributed by atoms with E-state index in [1.807, 2.05) is 0 Å². The Morgan fingerprint density at radius 1 is 1.40 bits per heavy atom. The molecule has 0 spiro atoms. The number of oxime groups is 1. The van der Waals surface area contributed by atoms with Crippen LogP contribution in [0.5, 0.6) is 0 Å². The lowest BCUT2D eigenvalue weighted by Gasteiger charge is -2.37. The minimum absolute atomic E-state index is 0.0972. The first-order valence-electron chi connectivity index (χ1n) is 7.48. The first-order chi connectivity index (χ1) is 9.07. The van der Waals surface area contributed by atoms with Crippen LogP contribution in [0, 0.1) is 5.92 Å². The lowest BCUT2D eigenvalue weighted by Crippen LogP contribution is -2.48. The van der Waals surface area contributed by atoms with Crippen molar-refractivity contribution in [1.29, 1.82) is 0 Å². The summed E-state index contributed by atoms with van der Waals surface area (Å²) in [6, 6.07) is 0.353. The van der Waals surface area contributed by atoms with E-state index >= 15 is 0 Å². The van der Waals surface area contributed by atoms with Gasteiger partial charge >= 0.3 is 0 Å². The Balaban J connectivity index is 2.82. The molecule has 0 aromatic rings. The lowest BCUT2D eigenvalue weighted by molar-refractivity contribution is -0.0810. The molecule has 1 aliphatic heterocycles. The topological polar surface area (TPSA) is 71.1 Å². The fraction of sp³-hybridized carbons (Fsp3) is 0.933. The summed E-state index contributed by atoms with van der Waals surface area (Å²) in [7, 11) is 0. The molecule has 0 saturated carbocycles. The number of ether oxygens (including phenoxy) is 1. The summed E-state index contributed by atoms with van der Waals surface area (Å²) in [6.45, 7) is 14.8. The van der Waals surface area contributed by atoms with Gasteiger partial charge in [0.2, 0.25) is 0 Å². The van der Waals surface area contributed by atoms with Crippen LogP contribution < -0.4 is 5.73 Å². The van der Waals surface area contributed by atoms with Crippen molar-refractivity contribution in [2.45, 2.75) is 71.6 Å². The van der Waals surface area contributed by atoms with Gasteiger partial charge in [0.1, 0.15) is 5.84 Å². The summed E-state index contributed by atoms with van der Waals surface area (Å²) in [6.07, 6.45) is 1.58. The molecule has 1 fully saturated rings. The maximum atomic E-state index is 8.70. The van der Waals surface area contributed by atoms with E-state index in [1.165, 1.54) is 0 Å². The molecule has 1 atom stereocenters. The van der Waals surface area contributed by atoms with Gasteiger partial charge in [-0.25, -0.2) is 0 Å². The fourth-order valence-electron chi connectivity index (χ4n) is 3.25. The van der Waals surface area contributed by atoms with Crippen molar-refractivity contribution < 1.29 is 9.94 Å². The highest BCUT2D eigenvalue weighted by Gasteiger charge is 2.48. The molecule has 1 heterocycles. The van der Waals surface area contributed by atoms with Gasteiger partial charge in [-0.1, -0.05) is 19.0 Å². The zero-order valence-corrected chi connectivity index (χ0v) is 13.8. The van der Waals surface area contributed by atoms with E-state index in [9.17, 15) is 0 Å². The molecule has 20 heavy (non-hydrogen) atoms. The molecule has 5 nitrogen and oxygen atoms in total. The number of hydrogen-bond acceptors (Lipinski definition) is 4. The highest BCUT2D eigenvalue weighted by Crippen LogP contribution is 2.40. The molecule has 1 unspecified atom stereocenters. The summed E-state index contributed by atoms with van der Waals surface area (Å²) in [5.74, 6) is 0.858. The quantitative estimate of drug-likeness (QED) is 0.340. The van der Waals surface area contributed by atoms with Gasteiger partial charge in [0.15, 0.2) is 0 Å². The molecule has 0 bridgehead atoms. The third kappa shape index (κ3) is 4.63. The molecule has 1 rings (SSSR count). The van der Waals surface area contributed by atoms with Crippen molar-refractivity contribution in [2.75, 3.05) is 13.1 Å². The zero-order chi connectivity index (χ0) is 15.6. The largest absolute Gasteiger partial charge is 0.409 e. The molecule has 0 aliphatic carbocycles. The average Bonchev–Trinajstić information content (AvgIpc) is 2.51. The molecule has 118 valence electrons. The molecule has 0 aromatic heterocycles. The molecule has 1 aliphatic rings. The van der Waals surface area contributed by atoms with E-state index in [2.05, 4.69) is 51.6 Å². The van der Waals surface area contributed by atoms with Crippen LogP contribution in [-0.2, 0) is 4.74 Å². The van der Waals surface area contributed by atoms with Crippen LogP contribution in [0.25, 0.3) is 0 Å². The van der Waals surface area contributed by atoms with E-state index in [0.717, 1.165) is 19.5 Å². The Hall–Kier alpha value is -0.810. The number of rotatable bonds is 6. The maximum Gasteiger partial charge on any atom is 0.140 e. The predicted octanol–water partition coefficient (Wildman–Crippen LogP) is 2.43. The number of amidine groups is 1. The van der Waals surface area contributed by atoms with Crippen molar-refractivity contribution in [3.05, 3.63) is 0 Å². The van der Waals surface area contributed by atoms with Crippen LogP contribution in [0.3, 0.4) is 0 Å². The van der Waals surface area contributed by atoms with Crippen LogP contribution >= 0.6 is 0 Å². The van der Waals surface area contributed by atoms with Crippen LogP contribution in [0.1, 0.15) is 54.4 Å². The molecule has 0 amide bonds. The standard InChI is InChI=1S/C15H31N3O2/c1-11(2)10-18(8-7-13(16)17-19)12-9-14(3,4)20-15(12,5)6/h11-12,19H,7-10H2,1-6H3,(H2,16,17). The highest BCUT2D eigenvalue weighted by atomic mass is 16.5. The molecule has 0 aromatic carbocycles. The lowest BCUT2D eigenvalue weighted by atomic mass is 9.92. The highest BCUT2D eigenvalue weighted by molar-refractivity contribution is 5.79. The smallest absolute Gasteiger partial charge is 0.140 e. The fourth-order valence-corrected chi connectivity index (χ4v) is 3.25. The minimum atomic E-state index is -0.177. The number of nitrogens with two attached hydrogens (primary N) is 1. The Kier molecular flexibility index (Phi) is 5.44. The second kappa shape index (κ2) is 6.31. The van der Waals surface area contributed by atoms with Crippen LogP contribution in [0.15, 0.2) is 5.16 Å². The summed E-state index contributed by atoms with van der Waals surface area (Å²) in [5.41, 5.74) is 5.34. The van der Waals surface area contributed by atoms with Crippen LogP contribution in [0.4, 0.5) is 0 Å². The summed E-state index contributed by atoms with van der Waals surface area (Å²) < 4.78 is 6.19. The van der Waals surface area contributed by atoms with Crippen molar-refractivity contribution in [1.82, 2.24) is 4.90 Å². The molecule has 0 radical (unpaired) electrons. The number of hydrogen-bond donors (Lipinski definition) is 2. The zero-order valence-electron chi connectivity index (χ0n) is 13.8. The Bertz CT molecular complexity index is 351. The monoisotopic (exact) mass is 285 g/mol. The van der Waals surface area contributed by atoms with Crippen LogP contribution in [0.2, 0.25) is 0 Å². The molecule has 3 N–H and O–H groups in total. The number of nitrogens with zero attached hydrogens (tertiary/aromatic N) is 2. The maximum absolute atomic E-state index is 8.70. The molecular formula is C15H31N3O2. The van der Waals surface area contributed by atoms with Gasteiger partial charge in [-0.15, -0.1) is 0 Å². The van der Waals surface area contributed by atoms with Crippen molar-refractivity contribution in [3.63, 3.8) is 0 Å². The molecule has 1 saturated heterocycles. The predicted molar refractivity (Wildman–Crippen MR) is 82.1 cm³/mol. The van der Waals surface area contributed by atoms with Gasteiger partial charge in [-0.05, 0) is 40.0 Å². The van der Waals surface area contributed by atoms with Gasteiger partial charge in [0.25, 0.3) is 0 Å². The molecular weight excluding hydrogens is 254 g/mol. The van der Waals surface area contributed by atoms with E-state index in [-0.39, 0.29) is 17.0 Å². The van der Waals surface area contributed by atoms with E-state index in [4.69, 9.17) is 15.7 Å². The molecule has 5 heteroatoms. The summed E-state index contributed by atoms with van der Waals surface area (Å²) in [5, 5.41) is 11.8. The Morgan fingerprint density at radius 2 is 2.00 bits per heavy atom. The van der Waals surface area contributed by atoms with Gasteiger partial charge in [0, 0.05) is 25.6 Å².